The highest BCUT2D eigenvalue weighted by Crippen LogP contribution is 2.19. The van der Waals surface area contributed by atoms with Crippen molar-refractivity contribution < 1.29 is 13.2 Å². The average Bonchev–Trinajstić information content (AvgIpc) is 2.81. The lowest BCUT2D eigenvalue weighted by Gasteiger charge is -2.18. The Hall–Kier alpha value is -0.950. The molecule has 1 aliphatic rings. The summed E-state index contributed by atoms with van der Waals surface area (Å²) in [5.74, 6) is 0. The molecule has 1 aromatic rings. The molecule has 1 aliphatic heterocycles. The fraction of sp³-hybridized carbons (Fsp3) is 0.571. The molecule has 2 atom stereocenters. The van der Waals surface area contributed by atoms with Crippen molar-refractivity contribution in [1.82, 2.24) is 10.0 Å². The normalized spacial score (nSPS) is 23.1. The summed E-state index contributed by atoms with van der Waals surface area (Å²) in [5.41, 5.74) is 0.786. The van der Waals surface area contributed by atoms with E-state index >= 15 is 0 Å². The minimum atomic E-state index is -3.51. The lowest BCUT2D eigenvalue weighted by atomic mass is 10.2. The Morgan fingerprint density at radius 3 is 2.75 bits per heavy atom. The smallest absolute Gasteiger partial charge is 0.241 e. The quantitative estimate of drug-likeness (QED) is 0.829. The predicted octanol–water partition coefficient (Wildman–Crippen LogP) is 1.25. The van der Waals surface area contributed by atoms with Gasteiger partial charge in [-0.1, -0.05) is 25.1 Å². The zero-order valence-corrected chi connectivity index (χ0v) is 12.7. The summed E-state index contributed by atoms with van der Waals surface area (Å²) in [5, 5.41) is 3.16. The summed E-state index contributed by atoms with van der Waals surface area (Å²) in [4.78, 5) is 0.347. The summed E-state index contributed by atoms with van der Waals surface area (Å²) in [6.07, 6.45) is 0.640. The van der Waals surface area contributed by atoms with Crippen molar-refractivity contribution in [2.45, 2.75) is 43.9 Å². The molecule has 1 saturated heterocycles. The molecule has 5 nitrogen and oxygen atoms in total. The van der Waals surface area contributed by atoms with Gasteiger partial charge in [0.2, 0.25) is 10.0 Å². The first-order valence-corrected chi connectivity index (χ1v) is 8.45. The van der Waals surface area contributed by atoms with Gasteiger partial charge in [-0.2, -0.15) is 0 Å². The van der Waals surface area contributed by atoms with Crippen LogP contribution < -0.4 is 10.0 Å². The van der Waals surface area contributed by atoms with Crippen molar-refractivity contribution in [3.05, 3.63) is 29.8 Å². The average molecular weight is 298 g/mol. The molecule has 0 aliphatic carbocycles. The summed E-state index contributed by atoms with van der Waals surface area (Å²) in [6, 6.07) is 6.94. The van der Waals surface area contributed by atoms with Crippen molar-refractivity contribution >= 4 is 10.0 Å². The van der Waals surface area contributed by atoms with Crippen molar-refractivity contribution in [1.29, 1.82) is 0 Å². The molecule has 2 unspecified atom stereocenters. The third-order valence-electron chi connectivity index (χ3n) is 3.51. The van der Waals surface area contributed by atoms with Gasteiger partial charge < -0.3 is 10.1 Å². The van der Waals surface area contributed by atoms with E-state index in [2.05, 4.69) is 10.0 Å². The molecule has 0 radical (unpaired) electrons. The van der Waals surface area contributed by atoms with Crippen LogP contribution >= 0.6 is 0 Å². The highest BCUT2D eigenvalue weighted by Gasteiger charge is 2.29. The van der Waals surface area contributed by atoms with Crippen LogP contribution in [0.3, 0.4) is 0 Å². The van der Waals surface area contributed by atoms with E-state index in [9.17, 15) is 8.42 Å². The van der Waals surface area contributed by atoms with Gasteiger partial charge in [-0.3, -0.25) is 0 Å². The number of rotatable bonds is 6. The van der Waals surface area contributed by atoms with Crippen LogP contribution in [0.4, 0.5) is 0 Å². The van der Waals surface area contributed by atoms with Crippen LogP contribution in [0.15, 0.2) is 29.2 Å². The third kappa shape index (κ3) is 3.58. The van der Waals surface area contributed by atoms with E-state index in [-0.39, 0.29) is 12.1 Å². The molecule has 0 spiro atoms. The topological polar surface area (TPSA) is 67.4 Å². The molecule has 2 N–H and O–H groups in total. The first-order valence-electron chi connectivity index (χ1n) is 6.97. The monoisotopic (exact) mass is 298 g/mol. The first-order chi connectivity index (χ1) is 9.54. The standard InChI is InChI=1S/C14H22N2O3S/c1-3-15-10-12-6-4-5-7-14(12)20(17,18)16-13-8-9-19-11(13)2/h4-7,11,13,15-16H,3,8-10H2,1-2H3. The lowest BCUT2D eigenvalue weighted by Crippen LogP contribution is -2.39. The second kappa shape index (κ2) is 6.67. The van der Waals surface area contributed by atoms with Crippen LogP contribution in [0, 0.1) is 0 Å². The molecule has 6 heteroatoms. The van der Waals surface area contributed by atoms with E-state index in [0.29, 0.717) is 18.0 Å². The summed E-state index contributed by atoms with van der Waals surface area (Å²) in [7, 11) is -3.51. The molecule has 2 rings (SSSR count). The molecule has 1 heterocycles. The second-order valence-electron chi connectivity index (χ2n) is 4.98. The molecular weight excluding hydrogens is 276 g/mol. The van der Waals surface area contributed by atoms with Gasteiger partial charge in [0.25, 0.3) is 0 Å². The van der Waals surface area contributed by atoms with Crippen LogP contribution in [0.1, 0.15) is 25.8 Å². The number of hydrogen-bond donors (Lipinski definition) is 2. The van der Waals surface area contributed by atoms with E-state index in [4.69, 9.17) is 4.74 Å². The van der Waals surface area contributed by atoms with Crippen molar-refractivity contribution in [2.75, 3.05) is 13.2 Å². The number of ether oxygens (including phenoxy) is 1. The molecular formula is C14H22N2O3S. The van der Waals surface area contributed by atoms with Gasteiger partial charge in [0.15, 0.2) is 0 Å². The fourth-order valence-electron chi connectivity index (χ4n) is 2.32. The van der Waals surface area contributed by atoms with E-state index in [1.165, 1.54) is 0 Å². The molecule has 1 aromatic carbocycles. The van der Waals surface area contributed by atoms with Gasteiger partial charge in [0.1, 0.15) is 0 Å². The maximum atomic E-state index is 12.5. The molecule has 112 valence electrons. The molecule has 0 bridgehead atoms. The summed E-state index contributed by atoms with van der Waals surface area (Å²) < 4.78 is 33.2. The zero-order valence-electron chi connectivity index (χ0n) is 11.9. The second-order valence-corrected chi connectivity index (χ2v) is 6.66. The highest BCUT2D eigenvalue weighted by molar-refractivity contribution is 7.89. The van der Waals surface area contributed by atoms with E-state index in [0.717, 1.165) is 18.5 Å². The van der Waals surface area contributed by atoms with Gasteiger partial charge in [-0.05, 0) is 31.5 Å². The summed E-state index contributed by atoms with van der Waals surface area (Å²) >= 11 is 0. The van der Waals surface area contributed by atoms with Crippen LogP contribution in [0.2, 0.25) is 0 Å². The van der Waals surface area contributed by atoms with Crippen LogP contribution in [0.5, 0.6) is 0 Å². The molecule has 1 fully saturated rings. The van der Waals surface area contributed by atoms with Crippen LogP contribution in [-0.4, -0.2) is 33.7 Å². The Labute approximate surface area is 120 Å². The highest BCUT2D eigenvalue weighted by atomic mass is 32.2. The SMILES string of the molecule is CCNCc1ccccc1S(=O)(=O)NC1CCOC1C. The largest absolute Gasteiger partial charge is 0.377 e. The molecule has 20 heavy (non-hydrogen) atoms. The van der Waals surface area contributed by atoms with Crippen molar-refractivity contribution in [2.24, 2.45) is 0 Å². The summed E-state index contributed by atoms with van der Waals surface area (Å²) in [6.45, 7) is 5.84. The third-order valence-corrected chi connectivity index (χ3v) is 5.10. The van der Waals surface area contributed by atoms with Crippen LogP contribution in [0.25, 0.3) is 0 Å². The van der Waals surface area contributed by atoms with Gasteiger partial charge in [0.05, 0.1) is 17.0 Å². The Morgan fingerprint density at radius 2 is 2.10 bits per heavy atom. The Balaban J connectivity index is 2.20. The van der Waals surface area contributed by atoms with Crippen LogP contribution in [-0.2, 0) is 21.3 Å². The molecule has 0 aromatic heterocycles. The van der Waals surface area contributed by atoms with E-state index in [1.807, 2.05) is 26.0 Å². The van der Waals surface area contributed by atoms with E-state index in [1.54, 1.807) is 12.1 Å². The van der Waals surface area contributed by atoms with Crippen molar-refractivity contribution in [3.63, 3.8) is 0 Å². The minimum Gasteiger partial charge on any atom is -0.377 e. The predicted molar refractivity (Wildman–Crippen MR) is 78.0 cm³/mol. The number of benzene rings is 1. The first kappa shape index (κ1) is 15.4. The number of hydrogen-bond acceptors (Lipinski definition) is 4. The van der Waals surface area contributed by atoms with Gasteiger partial charge in [0, 0.05) is 13.2 Å². The fourth-order valence-corrected chi connectivity index (χ4v) is 3.90. The van der Waals surface area contributed by atoms with Gasteiger partial charge >= 0.3 is 0 Å². The minimum absolute atomic E-state index is 0.0781. The Bertz CT molecular complexity index is 545. The Morgan fingerprint density at radius 1 is 1.35 bits per heavy atom. The number of sulfonamides is 1. The van der Waals surface area contributed by atoms with Gasteiger partial charge in [-0.15, -0.1) is 0 Å². The maximum Gasteiger partial charge on any atom is 0.241 e. The molecule has 0 saturated carbocycles. The molecule has 0 amide bonds. The van der Waals surface area contributed by atoms with E-state index < -0.39 is 10.0 Å². The zero-order chi connectivity index (χ0) is 14.6. The Kier molecular flexibility index (Phi) is 5.15. The lowest BCUT2D eigenvalue weighted by molar-refractivity contribution is 0.117. The number of nitrogens with one attached hydrogen (secondary N) is 2. The van der Waals surface area contributed by atoms with Gasteiger partial charge in [-0.25, -0.2) is 13.1 Å². The van der Waals surface area contributed by atoms with Crippen molar-refractivity contribution in [3.8, 4) is 0 Å². The maximum absolute atomic E-state index is 12.5.